The molecule has 0 radical (unpaired) electrons. The van der Waals surface area contributed by atoms with Crippen LogP contribution in [-0.4, -0.2) is 60.0 Å². The van der Waals surface area contributed by atoms with E-state index < -0.39 is 0 Å². The summed E-state index contributed by atoms with van der Waals surface area (Å²) in [5, 5.41) is 5.25. The highest BCUT2D eigenvalue weighted by Gasteiger charge is 2.20. The van der Waals surface area contributed by atoms with Crippen molar-refractivity contribution in [3.8, 4) is 16.9 Å². The Morgan fingerprint density at radius 2 is 1.47 bits per heavy atom. The second kappa shape index (κ2) is 11.4. The Kier molecular flexibility index (Phi) is 7.64. The largest absolute Gasteiger partial charge is 0.464 e. The predicted molar refractivity (Wildman–Crippen MR) is 144 cm³/mol. The van der Waals surface area contributed by atoms with Gasteiger partial charge < -0.3 is 9.64 Å². The first-order valence-corrected chi connectivity index (χ1v) is 12.6. The number of carbonyl (C=O) groups excluding carboxylic acids is 1. The standard InChI is InChI=1S/C29H29ClN4O2/c30-25-13-11-23(12-14-25)29-24(22-31-34(29)27-9-5-2-6-10-27)21-28(35)36-20-19-32-15-17-33(18-16-32)26-7-3-1-4-8-26/h1-14,22H,15-21H2. The molecule has 1 aromatic heterocycles. The van der Waals surface area contributed by atoms with E-state index in [1.165, 1.54) is 5.69 Å². The van der Waals surface area contributed by atoms with Crippen molar-refractivity contribution in [2.45, 2.75) is 6.42 Å². The number of para-hydroxylation sites is 2. The Morgan fingerprint density at radius 3 is 2.14 bits per heavy atom. The molecule has 4 aromatic rings. The summed E-state index contributed by atoms with van der Waals surface area (Å²) in [6.45, 7) is 4.98. The van der Waals surface area contributed by atoms with Crippen LogP contribution in [0.25, 0.3) is 16.9 Å². The van der Waals surface area contributed by atoms with Crippen LogP contribution in [0.2, 0.25) is 5.02 Å². The van der Waals surface area contributed by atoms with Gasteiger partial charge in [0, 0.05) is 54.6 Å². The Balaban J connectivity index is 1.19. The predicted octanol–water partition coefficient (Wildman–Crippen LogP) is 5.10. The van der Waals surface area contributed by atoms with Crippen LogP contribution in [0.3, 0.4) is 0 Å². The number of hydrogen-bond acceptors (Lipinski definition) is 5. The molecule has 0 spiro atoms. The molecule has 0 atom stereocenters. The van der Waals surface area contributed by atoms with Crippen LogP contribution < -0.4 is 4.90 Å². The molecular weight excluding hydrogens is 472 g/mol. The average Bonchev–Trinajstić information content (AvgIpc) is 3.34. The Labute approximate surface area is 216 Å². The second-order valence-electron chi connectivity index (χ2n) is 8.83. The van der Waals surface area contributed by atoms with Gasteiger partial charge in [-0.1, -0.05) is 60.1 Å². The number of carbonyl (C=O) groups is 1. The maximum Gasteiger partial charge on any atom is 0.310 e. The van der Waals surface area contributed by atoms with E-state index in [2.05, 4.69) is 39.2 Å². The minimum atomic E-state index is -0.249. The highest BCUT2D eigenvalue weighted by atomic mass is 35.5. The third-order valence-electron chi connectivity index (χ3n) is 6.46. The van der Waals surface area contributed by atoms with E-state index >= 15 is 0 Å². The number of aromatic nitrogens is 2. The lowest BCUT2D eigenvalue weighted by Crippen LogP contribution is -2.47. The summed E-state index contributed by atoms with van der Waals surface area (Å²) in [5.74, 6) is -0.249. The number of halogens is 1. The van der Waals surface area contributed by atoms with Crippen molar-refractivity contribution in [2.75, 3.05) is 44.2 Å². The van der Waals surface area contributed by atoms with Crippen LogP contribution in [0.5, 0.6) is 0 Å². The molecule has 0 amide bonds. The van der Waals surface area contributed by atoms with E-state index in [1.807, 2.05) is 65.3 Å². The lowest BCUT2D eigenvalue weighted by Gasteiger charge is -2.35. The monoisotopic (exact) mass is 500 g/mol. The summed E-state index contributed by atoms with van der Waals surface area (Å²) >= 11 is 6.11. The molecule has 3 aromatic carbocycles. The highest BCUT2D eigenvalue weighted by Crippen LogP contribution is 2.28. The first-order valence-electron chi connectivity index (χ1n) is 12.2. The number of esters is 1. The number of rotatable bonds is 8. The summed E-state index contributed by atoms with van der Waals surface area (Å²) < 4.78 is 7.49. The highest BCUT2D eigenvalue weighted by molar-refractivity contribution is 6.30. The van der Waals surface area contributed by atoms with Gasteiger partial charge in [-0.25, -0.2) is 4.68 Å². The van der Waals surface area contributed by atoms with Crippen LogP contribution in [0.15, 0.2) is 91.1 Å². The summed E-state index contributed by atoms with van der Waals surface area (Å²) in [7, 11) is 0. The molecule has 1 aliphatic rings. The number of hydrogen-bond donors (Lipinski definition) is 0. The first kappa shape index (κ1) is 24.1. The third-order valence-corrected chi connectivity index (χ3v) is 6.71. The van der Waals surface area contributed by atoms with Crippen LogP contribution >= 0.6 is 11.6 Å². The fourth-order valence-electron chi connectivity index (χ4n) is 4.56. The van der Waals surface area contributed by atoms with Gasteiger partial charge in [0.2, 0.25) is 0 Å². The summed E-state index contributed by atoms with van der Waals surface area (Å²) in [5.41, 5.74) is 4.82. The number of anilines is 1. The molecule has 1 saturated heterocycles. The molecule has 1 aliphatic heterocycles. The topological polar surface area (TPSA) is 50.6 Å². The Hall–Kier alpha value is -3.61. The number of nitrogens with zero attached hydrogens (tertiary/aromatic N) is 4. The van der Waals surface area contributed by atoms with Gasteiger partial charge in [-0.05, 0) is 36.4 Å². The summed E-state index contributed by atoms with van der Waals surface area (Å²) in [6.07, 6.45) is 1.91. The van der Waals surface area contributed by atoms with Gasteiger partial charge in [-0.15, -0.1) is 0 Å². The zero-order valence-electron chi connectivity index (χ0n) is 20.1. The smallest absolute Gasteiger partial charge is 0.310 e. The van der Waals surface area contributed by atoms with E-state index in [4.69, 9.17) is 16.3 Å². The van der Waals surface area contributed by atoms with Crippen molar-refractivity contribution in [3.63, 3.8) is 0 Å². The quantitative estimate of drug-likeness (QED) is 0.315. The van der Waals surface area contributed by atoms with E-state index in [9.17, 15) is 4.79 Å². The number of piperazine rings is 1. The van der Waals surface area contributed by atoms with Gasteiger partial charge in [0.1, 0.15) is 6.61 Å². The Morgan fingerprint density at radius 1 is 0.833 bits per heavy atom. The number of benzene rings is 3. The maximum atomic E-state index is 12.8. The third kappa shape index (κ3) is 5.78. The van der Waals surface area contributed by atoms with Crippen LogP contribution in [0, 0.1) is 0 Å². The molecule has 0 unspecified atom stereocenters. The lowest BCUT2D eigenvalue weighted by atomic mass is 10.1. The van der Waals surface area contributed by atoms with Crippen LogP contribution in [0.1, 0.15) is 5.56 Å². The van der Waals surface area contributed by atoms with Gasteiger partial charge in [0.05, 0.1) is 24.0 Å². The van der Waals surface area contributed by atoms with Crippen molar-refractivity contribution in [2.24, 2.45) is 0 Å². The normalized spacial score (nSPS) is 14.1. The average molecular weight is 501 g/mol. The molecule has 7 heteroatoms. The molecule has 6 nitrogen and oxygen atoms in total. The number of ether oxygens (including phenoxy) is 1. The van der Waals surface area contributed by atoms with E-state index in [1.54, 1.807) is 6.20 Å². The van der Waals surface area contributed by atoms with Crippen molar-refractivity contribution in [1.29, 1.82) is 0 Å². The van der Waals surface area contributed by atoms with E-state index in [-0.39, 0.29) is 12.4 Å². The maximum absolute atomic E-state index is 12.8. The van der Waals surface area contributed by atoms with Crippen LogP contribution in [0.4, 0.5) is 5.69 Å². The SMILES string of the molecule is O=C(Cc1cnn(-c2ccccc2)c1-c1ccc(Cl)cc1)OCCN1CCN(c2ccccc2)CC1. The van der Waals surface area contributed by atoms with Crippen LogP contribution in [-0.2, 0) is 16.0 Å². The van der Waals surface area contributed by atoms with Gasteiger partial charge >= 0.3 is 5.97 Å². The fourth-order valence-corrected chi connectivity index (χ4v) is 4.68. The zero-order valence-corrected chi connectivity index (χ0v) is 20.8. The van der Waals surface area contributed by atoms with Gasteiger partial charge in [-0.2, -0.15) is 5.10 Å². The van der Waals surface area contributed by atoms with E-state index in [0.717, 1.165) is 55.2 Å². The zero-order chi connectivity index (χ0) is 24.7. The summed E-state index contributed by atoms with van der Waals surface area (Å²) in [4.78, 5) is 17.5. The second-order valence-corrected chi connectivity index (χ2v) is 9.27. The molecule has 0 bridgehead atoms. The molecular formula is C29H29ClN4O2. The Bertz CT molecular complexity index is 1270. The van der Waals surface area contributed by atoms with E-state index in [0.29, 0.717) is 11.6 Å². The summed E-state index contributed by atoms with van der Waals surface area (Å²) in [6, 6.07) is 28.0. The molecule has 36 heavy (non-hydrogen) atoms. The fraction of sp³-hybridized carbons (Fsp3) is 0.241. The van der Waals surface area contributed by atoms with Crippen molar-refractivity contribution in [1.82, 2.24) is 14.7 Å². The van der Waals surface area contributed by atoms with Gasteiger partial charge in [0.25, 0.3) is 0 Å². The lowest BCUT2D eigenvalue weighted by molar-refractivity contribution is -0.143. The molecule has 0 saturated carbocycles. The van der Waals surface area contributed by atoms with Gasteiger partial charge in [0.15, 0.2) is 0 Å². The molecule has 5 rings (SSSR count). The molecule has 2 heterocycles. The molecule has 0 aliphatic carbocycles. The van der Waals surface area contributed by atoms with Gasteiger partial charge in [-0.3, -0.25) is 9.69 Å². The van der Waals surface area contributed by atoms with Crippen molar-refractivity contribution in [3.05, 3.63) is 102 Å². The van der Waals surface area contributed by atoms with Crippen molar-refractivity contribution >= 4 is 23.3 Å². The minimum Gasteiger partial charge on any atom is -0.464 e. The molecule has 184 valence electrons. The molecule has 1 fully saturated rings. The molecule has 0 N–H and O–H groups in total. The minimum absolute atomic E-state index is 0.159. The van der Waals surface area contributed by atoms with Crippen molar-refractivity contribution < 1.29 is 9.53 Å². The first-order chi connectivity index (χ1) is 17.7.